The van der Waals surface area contributed by atoms with Crippen molar-refractivity contribution >= 4 is 0 Å². The Morgan fingerprint density at radius 2 is 2.00 bits per heavy atom. The highest BCUT2D eigenvalue weighted by Crippen LogP contribution is 2.37. The molecule has 94 valence electrons. The maximum absolute atomic E-state index is 3.63. The monoisotopic (exact) mass is 231 g/mol. The molecule has 0 spiro atoms. The molecular formula is C16H25N. The minimum Gasteiger partial charge on any atom is -0.310 e. The summed E-state index contributed by atoms with van der Waals surface area (Å²) in [6, 6.07) is 7.73. The molecule has 1 heteroatoms. The summed E-state index contributed by atoms with van der Waals surface area (Å²) >= 11 is 0. The van der Waals surface area contributed by atoms with Crippen LogP contribution in [0.1, 0.15) is 68.7 Å². The number of nitrogens with one attached hydrogen (secondary N) is 1. The van der Waals surface area contributed by atoms with Crippen LogP contribution in [0.2, 0.25) is 0 Å². The second-order valence-corrected chi connectivity index (χ2v) is 5.30. The van der Waals surface area contributed by atoms with E-state index in [0.29, 0.717) is 6.04 Å². The molecule has 0 amide bonds. The van der Waals surface area contributed by atoms with Crippen LogP contribution in [0.15, 0.2) is 18.2 Å². The molecule has 1 nitrogen and oxygen atoms in total. The maximum Gasteiger partial charge on any atom is 0.0323 e. The quantitative estimate of drug-likeness (QED) is 0.819. The number of benzene rings is 1. The summed E-state index contributed by atoms with van der Waals surface area (Å²) in [6.45, 7) is 7.88. The third-order valence-corrected chi connectivity index (χ3v) is 3.94. The Morgan fingerprint density at radius 1 is 1.18 bits per heavy atom. The van der Waals surface area contributed by atoms with Crippen molar-refractivity contribution in [3.05, 3.63) is 34.9 Å². The van der Waals surface area contributed by atoms with Gasteiger partial charge < -0.3 is 5.32 Å². The van der Waals surface area contributed by atoms with Crippen molar-refractivity contribution in [1.29, 1.82) is 0 Å². The Morgan fingerprint density at radius 3 is 2.71 bits per heavy atom. The van der Waals surface area contributed by atoms with E-state index in [0.717, 1.165) is 12.5 Å². The molecule has 0 heterocycles. The number of fused-ring (bicyclic) bond motifs is 1. The van der Waals surface area contributed by atoms with E-state index in [1.165, 1.54) is 31.2 Å². The first kappa shape index (κ1) is 12.6. The molecule has 1 aromatic rings. The molecule has 1 aromatic carbocycles. The lowest BCUT2D eigenvalue weighted by molar-refractivity contribution is 0.441. The summed E-state index contributed by atoms with van der Waals surface area (Å²) in [5.41, 5.74) is 4.64. The van der Waals surface area contributed by atoms with Crippen molar-refractivity contribution < 1.29 is 0 Å². The summed E-state index contributed by atoms with van der Waals surface area (Å²) < 4.78 is 0. The maximum atomic E-state index is 3.63. The van der Waals surface area contributed by atoms with Gasteiger partial charge in [-0.25, -0.2) is 0 Å². The molecule has 1 aliphatic rings. The largest absolute Gasteiger partial charge is 0.310 e. The van der Waals surface area contributed by atoms with Gasteiger partial charge in [0.05, 0.1) is 0 Å². The van der Waals surface area contributed by atoms with Crippen LogP contribution in [0, 0.1) is 0 Å². The van der Waals surface area contributed by atoms with Gasteiger partial charge in [0.25, 0.3) is 0 Å². The first-order valence-corrected chi connectivity index (χ1v) is 7.12. The molecule has 0 fully saturated rings. The summed E-state index contributed by atoms with van der Waals surface area (Å²) in [4.78, 5) is 0. The highest BCUT2D eigenvalue weighted by atomic mass is 14.9. The van der Waals surface area contributed by atoms with Crippen LogP contribution in [0.3, 0.4) is 0 Å². The van der Waals surface area contributed by atoms with E-state index in [-0.39, 0.29) is 0 Å². The van der Waals surface area contributed by atoms with Gasteiger partial charge in [-0.3, -0.25) is 0 Å². The van der Waals surface area contributed by atoms with Gasteiger partial charge in [0.15, 0.2) is 0 Å². The smallest absolute Gasteiger partial charge is 0.0323 e. The molecule has 1 N–H and O–H groups in total. The van der Waals surface area contributed by atoms with Gasteiger partial charge in [0.2, 0.25) is 0 Å². The van der Waals surface area contributed by atoms with Crippen molar-refractivity contribution in [3.63, 3.8) is 0 Å². The first-order valence-electron chi connectivity index (χ1n) is 7.12. The molecule has 0 radical (unpaired) electrons. The Balaban J connectivity index is 2.31. The van der Waals surface area contributed by atoms with Gasteiger partial charge in [-0.05, 0) is 48.4 Å². The van der Waals surface area contributed by atoms with E-state index in [2.05, 4.69) is 44.3 Å². The van der Waals surface area contributed by atoms with Crippen molar-refractivity contribution in [1.82, 2.24) is 5.32 Å². The molecule has 2 unspecified atom stereocenters. The van der Waals surface area contributed by atoms with Gasteiger partial charge in [-0.2, -0.15) is 0 Å². The fourth-order valence-electron chi connectivity index (χ4n) is 3.01. The second-order valence-electron chi connectivity index (χ2n) is 5.30. The summed E-state index contributed by atoms with van der Waals surface area (Å²) in [5.74, 6) is 0.732. The van der Waals surface area contributed by atoms with Crippen LogP contribution < -0.4 is 5.32 Å². The van der Waals surface area contributed by atoms with Crippen molar-refractivity contribution in [3.8, 4) is 0 Å². The zero-order chi connectivity index (χ0) is 12.3. The average Bonchev–Trinajstić information content (AvgIpc) is 2.33. The molecule has 0 saturated heterocycles. The molecule has 1 aliphatic carbocycles. The van der Waals surface area contributed by atoms with E-state index >= 15 is 0 Å². The standard InChI is InChI=1S/C16H25N/c1-4-6-13-8-9-14-12(3)7-10-16(17-5-2)15(14)11-13/h8-9,11-12,16-17H,4-7,10H2,1-3H3. The van der Waals surface area contributed by atoms with Crippen LogP contribution >= 0.6 is 0 Å². The molecule has 2 rings (SSSR count). The highest BCUT2D eigenvalue weighted by Gasteiger charge is 2.23. The fourth-order valence-corrected chi connectivity index (χ4v) is 3.01. The third-order valence-electron chi connectivity index (χ3n) is 3.94. The molecule has 0 aliphatic heterocycles. The highest BCUT2D eigenvalue weighted by molar-refractivity contribution is 5.38. The number of hydrogen-bond donors (Lipinski definition) is 1. The molecule has 0 aromatic heterocycles. The van der Waals surface area contributed by atoms with Crippen LogP contribution in [0.4, 0.5) is 0 Å². The molecule has 0 bridgehead atoms. The van der Waals surface area contributed by atoms with Gasteiger partial charge >= 0.3 is 0 Å². The lowest BCUT2D eigenvalue weighted by atomic mass is 9.80. The van der Waals surface area contributed by atoms with Crippen molar-refractivity contribution in [2.24, 2.45) is 0 Å². The molecule has 2 atom stereocenters. The first-order chi connectivity index (χ1) is 8.26. The zero-order valence-electron chi connectivity index (χ0n) is 11.4. The lowest BCUT2D eigenvalue weighted by Crippen LogP contribution is -2.26. The average molecular weight is 231 g/mol. The number of rotatable bonds is 4. The van der Waals surface area contributed by atoms with Gasteiger partial charge in [0, 0.05) is 6.04 Å². The second kappa shape index (κ2) is 5.68. The molecule has 0 saturated carbocycles. The Kier molecular flexibility index (Phi) is 4.22. The predicted octanol–water partition coefficient (Wildman–Crippen LogP) is 4.19. The summed E-state index contributed by atoms with van der Waals surface area (Å²) in [7, 11) is 0. The van der Waals surface area contributed by atoms with E-state index < -0.39 is 0 Å². The summed E-state index contributed by atoms with van der Waals surface area (Å²) in [6.07, 6.45) is 5.05. The normalized spacial score (nSPS) is 23.5. The van der Waals surface area contributed by atoms with Crippen molar-refractivity contribution in [2.45, 2.75) is 58.4 Å². The lowest BCUT2D eigenvalue weighted by Gasteiger charge is -2.30. The topological polar surface area (TPSA) is 12.0 Å². The Labute approximate surface area is 106 Å². The summed E-state index contributed by atoms with van der Waals surface area (Å²) in [5, 5.41) is 3.63. The molecular weight excluding hydrogens is 206 g/mol. The van der Waals surface area contributed by atoms with Gasteiger partial charge in [0.1, 0.15) is 0 Å². The Bertz CT molecular complexity index is 370. The minimum absolute atomic E-state index is 0.586. The van der Waals surface area contributed by atoms with Crippen LogP contribution in [0.25, 0.3) is 0 Å². The minimum atomic E-state index is 0.586. The van der Waals surface area contributed by atoms with Gasteiger partial charge in [-0.1, -0.05) is 45.4 Å². The van der Waals surface area contributed by atoms with Crippen LogP contribution in [-0.4, -0.2) is 6.54 Å². The Hall–Kier alpha value is -0.820. The van der Waals surface area contributed by atoms with Crippen LogP contribution in [0.5, 0.6) is 0 Å². The molecule has 17 heavy (non-hydrogen) atoms. The van der Waals surface area contributed by atoms with E-state index in [1.54, 1.807) is 11.1 Å². The third kappa shape index (κ3) is 2.71. The van der Waals surface area contributed by atoms with Crippen LogP contribution in [-0.2, 0) is 6.42 Å². The van der Waals surface area contributed by atoms with Gasteiger partial charge in [-0.15, -0.1) is 0 Å². The van der Waals surface area contributed by atoms with E-state index in [9.17, 15) is 0 Å². The zero-order valence-corrected chi connectivity index (χ0v) is 11.4. The number of hydrogen-bond acceptors (Lipinski definition) is 1. The SMILES string of the molecule is CCCc1ccc2c(c1)C(NCC)CCC2C. The van der Waals surface area contributed by atoms with Crippen molar-refractivity contribution in [2.75, 3.05) is 6.54 Å². The predicted molar refractivity (Wildman–Crippen MR) is 74.5 cm³/mol. The fraction of sp³-hybridized carbons (Fsp3) is 0.625. The number of aryl methyl sites for hydroxylation is 1. The van der Waals surface area contributed by atoms with E-state index in [1.807, 2.05) is 0 Å². The van der Waals surface area contributed by atoms with E-state index in [4.69, 9.17) is 0 Å².